The molecule has 1 N–H and O–H groups in total. The maximum atomic E-state index is 13.3. The van der Waals surface area contributed by atoms with Crippen LogP contribution in [0.1, 0.15) is 26.5 Å². The van der Waals surface area contributed by atoms with E-state index in [9.17, 15) is 14.0 Å². The van der Waals surface area contributed by atoms with E-state index in [2.05, 4.69) is 10.3 Å². The molecule has 0 aliphatic heterocycles. The molecule has 1 aromatic carbocycles. The molecule has 5 nitrogen and oxygen atoms in total. The van der Waals surface area contributed by atoms with E-state index >= 15 is 0 Å². The van der Waals surface area contributed by atoms with Crippen molar-refractivity contribution in [3.63, 3.8) is 0 Å². The number of methoxy groups -OCH3 is 1. The van der Waals surface area contributed by atoms with E-state index in [1.165, 1.54) is 30.6 Å². The van der Waals surface area contributed by atoms with Crippen LogP contribution >= 0.6 is 11.3 Å². The third-order valence-electron chi connectivity index (χ3n) is 3.57. The number of aromatic nitrogens is 1. The van der Waals surface area contributed by atoms with Gasteiger partial charge in [0.1, 0.15) is 16.9 Å². The highest BCUT2D eigenvalue weighted by molar-refractivity contribution is 7.13. The first-order valence-corrected chi connectivity index (χ1v) is 8.66. The van der Waals surface area contributed by atoms with Crippen molar-refractivity contribution in [2.45, 2.75) is 33.2 Å². The number of benzene rings is 1. The highest BCUT2D eigenvalue weighted by Gasteiger charge is 2.33. The summed E-state index contributed by atoms with van der Waals surface area (Å²) in [6.07, 6.45) is 0.0371. The lowest BCUT2D eigenvalue weighted by Crippen LogP contribution is -2.50. The molecule has 1 heterocycles. The Bertz CT molecular complexity index is 768. The largest absolute Gasteiger partial charge is 0.467 e. The first-order chi connectivity index (χ1) is 11.7. The Balaban J connectivity index is 2.07. The smallest absolute Gasteiger partial charge is 0.328 e. The summed E-state index contributed by atoms with van der Waals surface area (Å²) < 4.78 is 18.1. The minimum Gasteiger partial charge on any atom is -0.467 e. The molecule has 0 fully saturated rings. The molecular weight excluding hydrogens is 343 g/mol. The van der Waals surface area contributed by atoms with E-state index < -0.39 is 17.4 Å². The Morgan fingerprint density at radius 2 is 2.08 bits per heavy atom. The van der Waals surface area contributed by atoms with Crippen molar-refractivity contribution in [3.8, 4) is 10.6 Å². The van der Waals surface area contributed by atoms with Gasteiger partial charge in [-0.15, -0.1) is 11.3 Å². The molecule has 0 aliphatic rings. The number of halogens is 1. The molecule has 25 heavy (non-hydrogen) atoms. The predicted molar refractivity (Wildman–Crippen MR) is 94.6 cm³/mol. The number of carbonyl (C=O) groups excluding carboxylic acids is 2. The molecule has 0 bridgehead atoms. The minimum atomic E-state index is -0.744. The van der Waals surface area contributed by atoms with Crippen LogP contribution in [0.25, 0.3) is 10.6 Å². The first kappa shape index (κ1) is 19.1. The van der Waals surface area contributed by atoms with E-state index in [1.807, 2.05) is 20.8 Å². The number of thiazole rings is 1. The molecule has 7 heteroatoms. The van der Waals surface area contributed by atoms with Gasteiger partial charge in [0, 0.05) is 10.9 Å². The standard InChI is InChI=1S/C18H21FN2O3S/c1-18(2,3)15(17(23)24-4)21-14(22)9-13-10-25-16(20-13)11-6-5-7-12(19)8-11/h5-8,10,15H,9H2,1-4H3,(H,21,22)/t15-/m1/s1. The van der Waals surface area contributed by atoms with Crippen molar-refractivity contribution >= 4 is 23.2 Å². The number of amides is 1. The van der Waals surface area contributed by atoms with Crippen LogP contribution in [-0.4, -0.2) is 30.0 Å². The molecular formula is C18H21FN2O3S. The van der Waals surface area contributed by atoms with Gasteiger partial charge < -0.3 is 10.1 Å². The van der Waals surface area contributed by atoms with E-state index in [-0.39, 0.29) is 18.1 Å². The van der Waals surface area contributed by atoms with Gasteiger partial charge in [0.05, 0.1) is 19.2 Å². The summed E-state index contributed by atoms with van der Waals surface area (Å²) in [5.41, 5.74) is 0.760. The maximum absolute atomic E-state index is 13.3. The van der Waals surface area contributed by atoms with Gasteiger partial charge in [0.25, 0.3) is 0 Å². The fourth-order valence-electron chi connectivity index (χ4n) is 2.27. The second-order valence-electron chi connectivity index (χ2n) is 6.72. The summed E-state index contributed by atoms with van der Waals surface area (Å²) in [6.45, 7) is 5.54. The molecule has 134 valence electrons. The second kappa shape index (κ2) is 7.74. The number of hydrogen-bond donors (Lipinski definition) is 1. The van der Waals surface area contributed by atoms with Gasteiger partial charge in [-0.3, -0.25) is 4.79 Å². The molecule has 2 aromatic rings. The van der Waals surface area contributed by atoms with Crippen molar-refractivity contribution in [1.29, 1.82) is 0 Å². The van der Waals surface area contributed by atoms with Gasteiger partial charge >= 0.3 is 5.97 Å². The SMILES string of the molecule is COC(=O)[C@@H](NC(=O)Cc1csc(-c2cccc(F)c2)n1)C(C)(C)C. The van der Waals surface area contributed by atoms with Crippen LogP contribution in [-0.2, 0) is 20.7 Å². The van der Waals surface area contributed by atoms with Crippen LogP contribution < -0.4 is 5.32 Å². The average molecular weight is 364 g/mol. The minimum absolute atomic E-state index is 0.0371. The number of nitrogens with one attached hydrogen (secondary N) is 1. The van der Waals surface area contributed by atoms with Crippen LogP contribution in [0.4, 0.5) is 4.39 Å². The molecule has 1 aromatic heterocycles. The van der Waals surface area contributed by atoms with E-state index in [0.29, 0.717) is 16.3 Å². The number of hydrogen-bond acceptors (Lipinski definition) is 5. The Labute approximate surface area is 150 Å². The highest BCUT2D eigenvalue weighted by atomic mass is 32.1. The summed E-state index contributed by atoms with van der Waals surface area (Å²) in [5.74, 6) is -1.14. The molecule has 0 saturated heterocycles. The summed E-state index contributed by atoms with van der Waals surface area (Å²) in [7, 11) is 1.29. The van der Waals surface area contributed by atoms with E-state index in [0.717, 1.165) is 0 Å². The van der Waals surface area contributed by atoms with Crippen molar-refractivity contribution < 1.29 is 18.7 Å². The normalized spacial score (nSPS) is 12.5. The van der Waals surface area contributed by atoms with Gasteiger partial charge in [0.2, 0.25) is 5.91 Å². The maximum Gasteiger partial charge on any atom is 0.328 e. The molecule has 0 unspecified atom stereocenters. The summed E-state index contributed by atoms with van der Waals surface area (Å²) in [6, 6.07) is 5.40. The third-order valence-corrected chi connectivity index (χ3v) is 4.51. The highest BCUT2D eigenvalue weighted by Crippen LogP contribution is 2.25. The number of ether oxygens (including phenoxy) is 1. The molecule has 0 aliphatic carbocycles. The molecule has 0 spiro atoms. The molecule has 1 amide bonds. The zero-order chi connectivity index (χ0) is 18.6. The lowest BCUT2D eigenvalue weighted by atomic mass is 9.86. The van der Waals surface area contributed by atoms with Gasteiger partial charge in [-0.2, -0.15) is 0 Å². The van der Waals surface area contributed by atoms with Crippen LogP contribution in [0.15, 0.2) is 29.6 Å². The Morgan fingerprint density at radius 1 is 1.36 bits per heavy atom. The first-order valence-electron chi connectivity index (χ1n) is 7.78. The fraction of sp³-hybridized carbons (Fsp3) is 0.389. The predicted octanol–water partition coefficient (Wildman–Crippen LogP) is 3.20. The van der Waals surface area contributed by atoms with Crippen molar-refractivity contribution in [2.24, 2.45) is 5.41 Å². The number of esters is 1. The third kappa shape index (κ3) is 5.09. The lowest BCUT2D eigenvalue weighted by molar-refractivity contribution is -0.148. The zero-order valence-electron chi connectivity index (χ0n) is 14.6. The van der Waals surface area contributed by atoms with Gasteiger partial charge in [-0.05, 0) is 17.5 Å². The van der Waals surface area contributed by atoms with Crippen molar-refractivity contribution in [2.75, 3.05) is 7.11 Å². The van der Waals surface area contributed by atoms with E-state index in [4.69, 9.17) is 4.74 Å². The molecule has 0 radical (unpaired) electrons. The van der Waals surface area contributed by atoms with Crippen LogP contribution in [0.2, 0.25) is 0 Å². The second-order valence-corrected chi connectivity index (χ2v) is 7.58. The van der Waals surface area contributed by atoms with Crippen molar-refractivity contribution in [1.82, 2.24) is 10.3 Å². The van der Waals surface area contributed by atoms with Crippen molar-refractivity contribution in [3.05, 3.63) is 41.2 Å². The Hall–Kier alpha value is -2.28. The number of carbonyl (C=O) groups is 2. The Morgan fingerprint density at radius 3 is 2.68 bits per heavy atom. The summed E-state index contributed by atoms with van der Waals surface area (Å²) in [5, 5.41) is 5.10. The quantitative estimate of drug-likeness (QED) is 0.828. The van der Waals surface area contributed by atoms with Gasteiger partial charge in [-0.25, -0.2) is 14.2 Å². The zero-order valence-corrected chi connectivity index (χ0v) is 15.4. The summed E-state index contributed by atoms with van der Waals surface area (Å²) in [4.78, 5) is 28.5. The van der Waals surface area contributed by atoms with Gasteiger partial charge in [0.15, 0.2) is 0 Å². The van der Waals surface area contributed by atoms with Gasteiger partial charge in [-0.1, -0.05) is 32.9 Å². The Kier molecular flexibility index (Phi) is 5.89. The fourth-order valence-corrected chi connectivity index (χ4v) is 3.08. The van der Waals surface area contributed by atoms with E-state index in [1.54, 1.807) is 17.5 Å². The number of nitrogens with zero attached hydrogens (tertiary/aromatic N) is 1. The van der Waals surface area contributed by atoms with Crippen LogP contribution in [0, 0.1) is 11.2 Å². The number of rotatable bonds is 5. The topological polar surface area (TPSA) is 68.3 Å². The monoisotopic (exact) mass is 364 g/mol. The average Bonchev–Trinajstić information content (AvgIpc) is 2.99. The molecule has 0 saturated carbocycles. The lowest BCUT2D eigenvalue weighted by Gasteiger charge is -2.28. The summed E-state index contributed by atoms with van der Waals surface area (Å²) >= 11 is 1.34. The molecule has 2 rings (SSSR count). The molecule has 1 atom stereocenters. The van der Waals surface area contributed by atoms with Crippen LogP contribution in [0.5, 0.6) is 0 Å². The van der Waals surface area contributed by atoms with Crippen LogP contribution in [0.3, 0.4) is 0 Å².